The molecule has 0 aliphatic rings. The van der Waals surface area contributed by atoms with Crippen molar-refractivity contribution >= 4 is 17.4 Å². The third kappa shape index (κ3) is 6.73. The molecule has 6 heteroatoms. The van der Waals surface area contributed by atoms with Crippen molar-refractivity contribution in [1.82, 2.24) is 4.98 Å². The first kappa shape index (κ1) is 15.4. The maximum absolute atomic E-state index is 11.3. The molecule has 1 rings (SSSR count). The Hall–Kier alpha value is -1.66. The van der Waals surface area contributed by atoms with Crippen LogP contribution in [0.1, 0.15) is 19.3 Å². The molecule has 106 valence electrons. The lowest BCUT2D eigenvalue weighted by Crippen LogP contribution is -2.17. The van der Waals surface area contributed by atoms with E-state index in [0.29, 0.717) is 5.69 Å². The Labute approximate surface area is 113 Å². The predicted octanol–water partition coefficient (Wildman–Crippen LogP) is 1.24. The molecule has 0 aliphatic carbocycles. The Kier molecular flexibility index (Phi) is 7.53. The molecule has 0 aliphatic heterocycles. The normalized spacial score (nSPS) is 10.2. The van der Waals surface area contributed by atoms with E-state index in [9.17, 15) is 4.79 Å². The lowest BCUT2D eigenvalue weighted by Gasteiger charge is -2.07. The van der Waals surface area contributed by atoms with Crippen molar-refractivity contribution < 1.29 is 14.6 Å². The van der Waals surface area contributed by atoms with E-state index in [1.807, 2.05) is 6.07 Å². The second-order valence-electron chi connectivity index (χ2n) is 4.12. The number of hydrogen-bond acceptors (Lipinski definition) is 5. The number of unbranched alkanes of at least 4 members (excludes halogenated alkanes) is 2. The van der Waals surface area contributed by atoms with E-state index in [4.69, 9.17) is 9.84 Å². The lowest BCUT2D eigenvalue weighted by atomic mass is 10.2. The standard InChI is InChI=1S/C13H21N3O3/c1-19-10-13(18)16-11-5-6-12(15-9-11)14-7-3-2-4-8-17/h5-6,9,17H,2-4,7-8,10H2,1H3,(H,14,15)(H,16,18). The van der Waals surface area contributed by atoms with Crippen LogP contribution in [0.3, 0.4) is 0 Å². The van der Waals surface area contributed by atoms with Gasteiger partial charge in [-0.2, -0.15) is 0 Å². The summed E-state index contributed by atoms with van der Waals surface area (Å²) < 4.78 is 4.72. The first-order chi connectivity index (χ1) is 9.26. The van der Waals surface area contributed by atoms with E-state index < -0.39 is 0 Å². The summed E-state index contributed by atoms with van der Waals surface area (Å²) in [6.45, 7) is 1.10. The van der Waals surface area contributed by atoms with Crippen molar-refractivity contribution in [1.29, 1.82) is 0 Å². The van der Waals surface area contributed by atoms with Crippen LogP contribution in [-0.4, -0.2) is 42.9 Å². The number of amides is 1. The van der Waals surface area contributed by atoms with Crippen molar-refractivity contribution in [3.05, 3.63) is 18.3 Å². The maximum Gasteiger partial charge on any atom is 0.250 e. The van der Waals surface area contributed by atoms with E-state index in [-0.39, 0.29) is 19.1 Å². The molecule has 1 aromatic rings. The summed E-state index contributed by atoms with van der Waals surface area (Å²) in [7, 11) is 1.47. The average Bonchev–Trinajstić information content (AvgIpc) is 2.41. The number of nitrogens with zero attached hydrogens (tertiary/aromatic N) is 1. The minimum Gasteiger partial charge on any atom is -0.396 e. The van der Waals surface area contributed by atoms with Crippen LogP contribution >= 0.6 is 0 Å². The fourth-order valence-electron chi connectivity index (χ4n) is 1.53. The summed E-state index contributed by atoms with van der Waals surface area (Å²) in [5.74, 6) is 0.572. The van der Waals surface area contributed by atoms with Gasteiger partial charge in [0, 0.05) is 20.3 Å². The van der Waals surface area contributed by atoms with E-state index in [1.54, 1.807) is 12.3 Å². The molecule has 0 atom stereocenters. The van der Waals surface area contributed by atoms with Crippen LogP contribution in [0, 0.1) is 0 Å². The number of carbonyl (C=O) groups excluding carboxylic acids is 1. The Morgan fingerprint density at radius 2 is 2.21 bits per heavy atom. The predicted molar refractivity (Wildman–Crippen MR) is 74.2 cm³/mol. The van der Waals surface area contributed by atoms with Gasteiger partial charge in [-0.25, -0.2) is 4.98 Å². The average molecular weight is 267 g/mol. The van der Waals surface area contributed by atoms with Gasteiger partial charge in [0.25, 0.3) is 0 Å². The minimum absolute atomic E-state index is 0.0326. The molecule has 1 aromatic heterocycles. The zero-order valence-corrected chi connectivity index (χ0v) is 11.2. The first-order valence-corrected chi connectivity index (χ1v) is 6.36. The molecular formula is C13H21N3O3. The molecule has 6 nitrogen and oxygen atoms in total. The summed E-state index contributed by atoms with van der Waals surface area (Å²) in [6.07, 6.45) is 4.42. The summed E-state index contributed by atoms with van der Waals surface area (Å²) >= 11 is 0. The number of anilines is 2. The third-order valence-electron chi connectivity index (χ3n) is 2.46. The number of carbonyl (C=O) groups is 1. The Bertz CT molecular complexity index is 368. The van der Waals surface area contributed by atoms with Crippen LogP contribution in [0.4, 0.5) is 11.5 Å². The molecule has 0 spiro atoms. The number of hydrogen-bond donors (Lipinski definition) is 3. The zero-order chi connectivity index (χ0) is 13.9. The molecule has 0 fully saturated rings. The van der Waals surface area contributed by atoms with E-state index >= 15 is 0 Å². The largest absolute Gasteiger partial charge is 0.396 e. The smallest absolute Gasteiger partial charge is 0.250 e. The summed E-state index contributed by atoms with van der Waals surface area (Å²) in [6, 6.07) is 3.60. The SMILES string of the molecule is COCC(=O)Nc1ccc(NCCCCCO)nc1. The number of nitrogens with one attached hydrogen (secondary N) is 2. The van der Waals surface area contributed by atoms with Gasteiger partial charge in [-0.05, 0) is 31.4 Å². The summed E-state index contributed by atoms with van der Waals surface area (Å²) in [4.78, 5) is 15.5. The summed E-state index contributed by atoms with van der Waals surface area (Å²) in [5.41, 5.74) is 0.646. The summed E-state index contributed by atoms with van der Waals surface area (Å²) in [5, 5.41) is 14.5. The molecular weight excluding hydrogens is 246 g/mol. The highest BCUT2D eigenvalue weighted by Crippen LogP contribution is 2.09. The fraction of sp³-hybridized carbons (Fsp3) is 0.538. The van der Waals surface area contributed by atoms with E-state index in [1.165, 1.54) is 7.11 Å². The Morgan fingerprint density at radius 1 is 1.37 bits per heavy atom. The number of aliphatic hydroxyl groups excluding tert-OH is 1. The lowest BCUT2D eigenvalue weighted by molar-refractivity contribution is -0.119. The monoisotopic (exact) mass is 267 g/mol. The first-order valence-electron chi connectivity index (χ1n) is 6.36. The van der Waals surface area contributed by atoms with Crippen LogP contribution < -0.4 is 10.6 Å². The van der Waals surface area contributed by atoms with Gasteiger partial charge in [0.15, 0.2) is 0 Å². The number of aromatic nitrogens is 1. The third-order valence-corrected chi connectivity index (χ3v) is 2.46. The van der Waals surface area contributed by atoms with Crippen LogP contribution in [0.15, 0.2) is 18.3 Å². The van der Waals surface area contributed by atoms with Crippen molar-refractivity contribution in [3.8, 4) is 0 Å². The minimum atomic E-state index is -0.200. The molecule has 19 heavy (non-hydrogen) atoms. The molecule has 1 amide bonds. The van der Waals surface area contributed by atoms with E-state index in [2.05, 4.69) is 15.6 Å². The van der Waals surface area contributed by atoms with Crippen LogP contribution in [-0.2, 0) is 9.53 Å². The van der Waals surface area contributed by atoms with Gasteiger partial charge in [-0.3, -0.25) is 4.79 Å². The molecule has 0 unspecified atom stereocenters. The Morgan fingerprint density at radius 3 is 2.84 bits per heavy atom. The second kappa shape index (κ2) is 9.29. The molecule has 1 heterocycles. The Balaban J connectivity index is 2.29. The second-order valence-corrected chi connectivity index (χ2v) is 4.12. The van der Waals surface area contributed by atoms with Gasteiger partial charge in [0.1, 0.15) is 12.4 Å². The molecule has 0 aromatic carbocycles. The van der Waals surface area contributed by atoms with Gasteiger partial charge in [0.2, 0.25) is 5.91 Å². The molecule has 0 radical (unpaired) electrons. The van der Waals surface area contributed by atoms with Crippen LogP contribution in [0.2, 0.25) is 0 Å². The van der Waals surface area contributed by atoms with E-state index in [0.717, 1.165) is 31.6 Å². The number of pyridine rings is 1. The highest BCUT2D eigenvalue weighted by atomic mass is 16.5. The van der Waals surface area contributed by atoms with Crippen molar-refractivity contribution in [2.45, 2.75) is 19.3 Å². The number of aliphatic hydroxyl groups is 1. The van der Waals surface area contributed by atoms with Crippen molar-refractivity contribution in [3.63, 3.8) is 0 Å². The highest BCUT2D eigenvalue weighted by Gasteiger charge is 2.01. The number of rotatable bonds is 9. The highest BCUT2D eigenvalue weighted by molar-refractivity contribution is 5.91. The van der Waals surface area contributed by atoms with Crippen molar-refractivity contribution in [2.24, 2.45) is 0 Å². The van der Waals surface area contributed by atoms with Gasteiger partial charge in [-0.15, -0.1) is 0 Å². The zero-order valence-electron chi connectivity index (χ0n) is 11.2. The molecule has 3 N–H and O–H groups in total. The van der Waals surface area contributed by atoms with Gasteiger partial charge < -0.3 is 20.5 Å². The fourth-order valence-corrected chi connectivity index (χ4v) is 1.53. The van der Waals surface area contributed by atoms with Crippen molar-refractivity contribution in [2.75, 3.05) is 37.5 Å². The van der Waals surface area contributed by atoms with Gasteiger partial charge in [0.05, 0.1) is 11.9 Å². The molecule has 0 saturated heterocycles. The van der Waals surface area contributed by atoms with Gasteiger partial charge in [-0.1, -0.05) is 0 Å². The topological polar surface area (TPSA) is 83.5 Å². The maximum atomic E-state index is 11.3. The van der Waals surface area contributed by atoms with Crippen LogP contribution in [0.25, 0.3) is 0 Å². The van der Waals surface area contributed by atoms with Gasteiger partial charge >= 0.3 is 0 Å². The quantitative estimate of drug-likeness (QED) is 0.586. The number of methoxy groups -OCH3 is 1. The molecule has 0 saturated carbocycles. The van der Waals surface area contributed by atoms with Crippen LogP contribution in [0.5, 0.6) is 0 Å². The molecule has 0 bridgehead atoms. The number of ether oxygens (including phenoxy) is 1.